The molecule has 0 saturated carbocycles. The topological polar surface area (TPSA) is 79.5 Å². The fourth-order valence-corrected chi connectivity index (χ4v) is 3.94. The molecular weight excluding hydrogens is 482 g/mol. The number of ether oxygens (including phenoxy) is 1. The number of carbonyl (C=O) groups is 2. The lowest BCUT2D eigenvalue weighted by molar-refractivity contribution is -0.128. The van der Waals surface area contributed by atoms with Crippen molar-refractivity contribution in [3.63, 3.8) is 0 Å². The third kappa shape index (κ3) is 8.43. The van der Waals surface area contributed by atoms with Crippen molar-refractivity contribution in [2.45, 2.75) is 47.5 Å². The standard InChI is InChI=1S/C30H35N3O3S/c1-20-8-6-9-23(18-20)27(34)31-24-12-14-25(15-13-24)32-29(37)33-28(35)30(4,5)16-7-17-36-26-19-21(2)10-11-22(26)3/h6,8-15,18-19H,7,16-17H2,1-5H3,(H,31,34)(H2,32,33,35,37). The van der Waals surface area contributed by atoms with Gasteiger partial charge in [0.15, 0.2) is 5.11 Å². The minimum absolute atomic E-state index is 0.154. The van der Waals surface area contributed by atoms with Gasteiger partial charge in [-0.15, -0.1) is 0 Å². The van der Waals surface area contributed by atoms with Gasteiger partial charge in [0, 0.05) is 22.4 Å². The highest BCUT2D eigenvalue weighted by Gasteiger charge is 2.28. The molecule has 0 heterocycles. The molecule has 0 aliphatic rings. The highest BCUT2D eigenvalue weighted by Crippen LogP contribution is 2.24. The molecule has 3 aromatic rings. The maximum Gasteiger partial charge on any atom is 0.255 e. The largest absolute Gasteiger partial charge is 0.493 e. The van der Waals surface area contributed by atoms with E-state index in [1.165, 1.54) is 0 Å². The lowest BCUT2D eigenvalue weighted by Crippen LogP contribution is -2.42. The third-order valence-electron chi connectivity index (χ3n) is 6.07. The van der Waals surface area contributed by atoms with Crippen LogP contribution >= 0.6 is 12.2 Å². The predicted molar refractivity (Wildman–Crippen MR) is 154 cm³/mol. The minimum Gasteiger partial charge on any atom is -0.493 e. The number of anilines is 2. The lowest BCUT2D eigenvalue weighted by Gasteiger charge is -2.24. The van der Waals surface area contributed by atoms with E-state index in [0.717, 1.165) is 28.9 Å². The van der Waals surface area contributed by atoms with Gasteiger partial charge in [0.25, 0.3) is 5.91 Å². The number of hydrogen-bond donors (Lipinski definition) is 3. The molecule has 6 nitrogen and oxygen atoms in total. The zero-order valence-corrected chi connectivity index (χ0v) is 22.9. The number of benzene rings is 3. The summed E-state index contributed by atoms with van der Waals surface area (Å²) in [5, 5.41) is 8.92. The third-order valence-corrected chi connectivity index (χ3v) is 6.27. The van der Waals surface area contributed by atoms with Crippen LogP contribution in [0.3, 0.4) is 0 Å². The van der Waals surface area contributed by atoms with Gasteiger partial charge in [-0.2, -0.15) is 0 Å². The summed E-state index contributed by atoms with van der Waals surface area (Å²) in [6.45, 7) is 10.3. The zero-order chi connectivity index (χ0) is 27.0. The molecular formula is C30H35N3O3S. The van der Waals surface area contributed by atoms with Crippen molar-refractivity contribution < 1.29 is 14.3 Å². The first-order chi connectivity index (χ1) is 17.5. The summed E-state index contributed by atoms with van der Waals surface area (Å²) in [4.78, 5) is 25.3. The summed E-state index contributed by atoms with van der Waals surface area (Å²) in [6.07, 6.45) is 1.39. The number of aryl methyl sites for hydroxylation is 3. The fraction of sp³-hybridized carbons (Fsp3) is 0.300. The quantitative estimate of drug-likeness (QED) is 0.221. The molecule has 3 N–H and O–H groups in total. The summed E-state index contributed by atoms with van der Waals surface area (Å²) in [6, 6.07) is 20.7. The van der Waals surface area contributed by atoms with Crippen molar-refractivity contribution in [2.75, 3.05) is 17.2 Å². The Morgan fingerprint density at radius 3 is 2.19 bits per heavy atom. The molecule has 2 amide bonds. The maximum absolute atomic E-state index is 12.8. The molecule has 0 unspecified atom stereocenters. The Hall–Kier alpha value is -3.71. The number of hydrogen-bond acceptors (Lipinski definition) is 4. The Morgan fingerprint density at radius 2 is 1.51 bits per heavy atom. The average molecular weight is 518 g/mol. The van der Waals surface area contributed by atoms with E-state index in [2.05, 4.69) is 22.0 Å². The smallest absolute Gasteiger partial charge is 0.255 e. The predicted octanol–water partition coefficient (Wildman–Crippen LogP) is 6.56. The molecule has 7 heteroatoms. The maximum atomic E-state index is 12.8. The molecule has 0 aliphatic heterocycles. The van der Waals surface area contributed by atoms with Crippen molar-refractivity contribution in [3.05, 3.63) is 89.0 Å². The van der Waals surface area contributed by atoms with Gasteiger partial charge >= 0.3 is 0 Å². The van der Waals surface area contributed by atoms with Crippen molar-refractivity contribution in [3.8, 4) is 5.75 Å². The summed E-state index contributed by atoms with van der Waals surface area (Å²) in [5.74, 6) is 0.556. The van der Waals surface area contributed by atoms with E-state index in [1.807, 2.05) is 65.0 Å². The van der Waals surface area contributed by atoms with Gasteiger partial charge in [0.2, 0.25) is 5.91 Å². The van der Waals surface area contributed by atoms with Crippen molar-refractivity contribution in [1.29, 1.82) is 0 Å². The van der Waals surface area contributed by atoms with Crippen LogP contribution in [0.1, 0.15) is 53.7 Å². The molecule has 0 aromatic heterocycles. The molecule has 0 aliphatic carbocycles. The first-order valence-electron chi connectivity index (χ1n) is 12.3. The lowest BCUT2D eigenvalue weighted by atomic mass is 9.87. The molecule has 0 bridgehead atoms. The first-order valence-corrected chi connectivity index (χ1v) is 12.7. The van der Waals surface area contributed by atoms with Crippen LogP contribution in [0.5, 0.6) is 5.75 Å². The molecule has 194 valence electrons. The second-order valence-corrected chi connectivity index (χ2v) is 10.3. The van der Waals surface area contributed by atoms with Gasteiger partial charge in [0.1, 0.15) is 5.75 Å². The molecule has 0 spiro atoms. The van der Waals surface area contributed by atoms with Gasteiger partial charge in [-0.25, -0.2) is 0 Å². The summed E-state index contributed by atoms with van der Waals surface area (Å²) < 4.78 is 5.92. The van der Waals surface area contributed by atoms with E-state index >= 15 is 0 Å². The van der Waals surface area contributed by atoms with E-state index in [4.69, 9.17) is 17.0 Å². The second kappa shape index (κ2) is 12.5. The Morgan fingerprint density at radius 1 is 0.865 bits per heavy atom. The SMILES string of the molecule is Cc1cccc(C(=O)Nc2ccc(NC(=S)NC(=O)C(C)(C)CCCOc3cc(C)ccc3C)cc2)c1. The van der Waals surface area contributed by atoms with Crippen molar-refractivity contribution >= 4 is 40.5 Å². The van der Waals surface area contributed by atoms with Crippen molar-refractivity contribution in [2.24, 2.45) is 5.41 Å². The molecule has 0 saturated heterocycles. The minimum atomic E-state index is -0.610. The van der Waals surface area contributed by atoms with E-state index < -0.39 is 5.41 Å². The highest BCUT2D eigenvalue weighted by atomic mass is 32.1. The highest BCUT2D eigenvalue weighted by molar-refractivity contribution is 7.80. The number of amides is 2. The number of carbonyl (C=O) groups excluding carboxylic acids is 2. The molecule has 0 radical (unpaired) electrons. The number of rotatable bonds is 9. The summed E-state index contributed by atoms with van der Waals surface area (Å²) in [5.41, 5.74) is 4.64. The Balaban J connectivity index is 1.44. The van der Waals surface area contributed by atoms with Gasteiger partial charge in [-0.05, 0) is 99.4 Å². The molecule has 0 fully saturated rings. The van der Waals surface area contributed by atoms with Gasteiger partial charge < -0.3 is 20.7 Å². The monoisotopic (exact) mass is 517 g/mol. The van der Waals surface area contributed by atoms with Crippen LogP contribution in [0.2, 0.25) is 0 Å². The van der Waals surface area contributed by atoms with Crippen molar-refractivity contribution in [1.82, 2.24) is 5.32 Å². The second-order valence-electron chi connectivity index (χ2n) is 9.91. The van der Waals surface area contributed by atoms with Crippen LogP contribution in [-0.4, -0.2) is 23.5 Å². The summed E-state index contributed by atoms with van der Waals surface area (Å²) in [7, 11) is 0. The van der Waals surface area contributed by atoms with Crippen LogP contribution in [0.15, 0.2) is 66.7 Å². The molecule has 37 heavy (non-hydrogen) atoms. The summed E-state index contributed by atoms with van der Waals surface area (Å²) >= 11 is 5.35. The van der Waals surface area contributed by atoms with Crippen LogP contribution in [0.25, 0.3) is 0 Å². The molecule has 0 atom stereocenters. The average Bonchev–Trinajstić information content (AvgIpc) is 2.85. The fourth-order valence-electron chi connectivity index (χ4n) is 3.73. The van der Waals surface area contributed by atoms with E-state index in [9.17, 15) is 9.59 Å². The van der Waals surface area contributed by atoms with Crippen LogP contribution in [-0.2, 0) is 4.79 Å². The Labute approximate surface area is 224 Å². The Bertz CT molecular complexity index is 1270. The Kier molecular flexibility index (Phi) is 9.42. The van der Waals surface area contributed by atoms with E-state index in [0.29, 0.717) is 30.0 Å². The van der Waals surface area contributed by atoms with Crippen LogP contribution in [0.4, 0.5) is 11.4 Å². The first kappa shape index (κ1) is 27.9. The van der Waals surface area contributed by atoms with Gasteiger partial charge in [-0.3, -0.25) is 9.59 Å². The van der Waals surface area contributed by atoms with E-state index in [-0.39, 0.29) is 16.9 Å². The van der Waals surface area contributed by atoms with Crippen LogP contribution < -0.4 is 20.7 Å². The van der Waals surface area contributed by atoms with Gasteiger partial charge in [-0.1, -0.05) is 43.7 Å². The normalized spacial score (nSPS) is 10.9. The number of nitrogens with one attached hydrogen (secondary N) is 3. The molecule has 3 aromatic carbocycles. The van der Waals surface area contributed by atoms with E-state index in [1.54, 1.807) is 30.3 Å². The number of thiocarbonyl (C=S) groups is 1. The molecule has 3 rings (SSSR count). The van der Waals surface area contributed by atoms with Crippen LogP contribution in [0, 0.1) is 26.2 Å². The zero-order valence-electron chi connectivity index (χ0n) is 22.1. The van der Waals surface area contributed by atoms with Gasteiger partial charge in [0.05, 0.1) is 6.61 Å².